The molecule has 0 spiro atoms. The van der Waals surface area contributed by atoms with Gasteiger partial charge in [-0.15, -0.1) is 0 Å². The standard InChI is InChI=1S/C18H12N4O7/c1-9-7-12(22(27)28)5-6-13(9)20-17(23)14-15(19-29-16(14)18(20)24)10-3-2-4-11(8-10)21(25)26/h2-8,14,16H,1H3/t14-,16-/m1/s1. The minimum absolute atomic E-state index is 0.124. The van der Waals surface area contributed by atoms with Gasteiger partial charge in [0.2, 0.25) is 12.0 Å². The van der Waals surface area contributed by atoms with E-state index < -0.39 is 33.7 Å². The minimum Gasteiger partial charge on any atom is -0.381 e. The summed E-state index contributed by atoms with van der Waals surface area (Å²) in [5.41, 5.74) is 0.653. The fraction of sp³-hybridized carbons (Fsp3) is 0.167. The van der Waals surface area contributed by atoms with Gasteiger partial charge in [0.05, 0.1) is 15.5 Å². The number of anilines is 1. The quantitative estimate of drug-likeness (QED) is 0.437. The second kappa shape index (κ2) is 6.48. The maximum atomic E-state index is 13.0. The number of carbonyl (C=O) groups excluding carboxylic acids is 2. The van der Waals surface area contributed by atoms with Gasteiger partial charge in [-0.2, -0.15) is 0 Å². The number of rotatable bonds is 4. The Bertz CT molecular complexity index is 1130. The smallest absolute Gasteiger partial charge is 0.278 e. The zero-order chi connectivity index (χ0) is 20.9. The van der Waals surface area contributed by atoms with E-state index >= 15 is 0 Å². The van der Waals surface area contributed by atoms with E-state index in [9.17, 15) is 29.8 Å². The third-order valence-corrected chi connectivity index (χ3v) is 4.80. The van der Waals surface area contributed by atoms with Crippen LogP contribution in [0.15, 0.2) is 47.6 Å². The van der Waals surface area contributed by atoms with Gasteiger partial charge in [0.15, 0.2) is 0 Å². The highest BCUT2D eigenvalue weighted by Crippen LogP contribution is 2.37. The summed E-state index contributed by atoms with van der Waals surface area (Å²) in [4.78, 5) is 52.7. The van der Waals surface area contributed by atoms with Crippen LogP contribution in [0.1, 0.15) is 11.1 Å². The minimum atomic E-state index is -1.19. The van der Waals surface area contributed by atoms with Gasteiger partial charge in [-0.05, 0) is 18.6 Å². The summed E-state index contributed by atoms with van der Waals surface area (Å²) in [6.07, 6.45) is -1.19. The van der Waals surface area contributed by atoms with Crippen LogP contribution >= 0.6 is 0 Å². The summed E-state index contributed by atoms with van der Waals surface area (Å²) in [5, 5.41) is 25.8. The first-order chi connectivity index (χ1) is 13.8. The Morgan fingerprint density at radius 1 is 1.00 bits per heavy atom. The maximum absolute atomic E-state index is 13.0. The lowest BCUT2D eigenvalue weighted by molar-refractivity contribution is -0.385. The highest BCUT2D eigenvalue weighted by Gasteiger charge is 2.56. The summed E-state index contributed by atoms with van der Waals surface area (Å²) in [6.45, 7) is 1.55. The molecule has 0 N–H and O–H groups in total. The van der Waals surface area contributed by atoms with E-state index in [4.69, 9.17) is 4.84 Å². The highest BCUT2D eigenvalue weighted by atomic mass is 16.7. The molecule has 2 aromatic rings. The van der Waals surface area contributed by atoms with Gasteiger partial charge in [-0.25, -0.2) is 4.90 Å². The van der Waals surface area contributed by atoms with E-state index in [-0.39, 0.29) is 22.8 Å². The molecule has 0 radical (unpaired) electrons. The van der Waals surface area contributed by atoms with Crippen LogP contribution in [-0.4, -0.2) is 33.5 Å². The van der Waals surface area contributed by atoms with Crippen molar-refractivity contribution in [2.75, 3.05) is 4.90 Å². The Kier molecular flexibility index (Phi) is 4.07. The molecule has 146 valence electrons. The van der Waals surface area contributed by atoms with Crippen LogP contribution in [0.25, 0.3) is 0 Å². The van der Waals surface area contributed by atoms with Gasteiger partial charge < -0.3 is 4.84 Å². The van der Waals surface area contributed by atoms with E-state index in [0.717, 1.165) is 4.90 Å². The second-order valence-corrected chi connectivity index (χ2v) is 6.53. The predicted octanol–water partition coefficient (Wildman–Crippen LogP) is 2.10. The van der Waals surface area contributed by atoms with Crippen LogP contribution in [0.4, 0.5) is 17.1 Å². The molecule has 0 saturated carbocycles. The lowest BCUT2D eigenvalue weighted by Gasteiger charge is -2.17. The number of benzene rings is 2. The number of imide groups is 1. The number of non-ortho nitro benzene ring substituents is 2. The van der Waals surface area contributed by atoms with Crippen molar-refractivity contribution >= 4 is 34.6 Å². The highest BCUT2D eigenvalue weighted by molar-refractivity contribution is 6.32. The molecule has 2 aromatic carbocycles. The molecule has 1 fully saturated rings. The molecule has 2 atom stereocenters. The summed E-state index contributed by atoms with van der Waals surface area (Å²) in [6, 6.07) is 9.33. The lowest BCUT2D eigenvalue weighted by atomic mass is 9.94. The average Bonchev–Trinajstić information content (AvgIpc) is 3.23. The van der Waals surface area contributed by atoms with Crippen molar-refractivity contribution in [3.63, 3.8) is 0 Å². The maximum Gasteiger partial charge on any atom is 0.278 e. The molecule has 0 aliphatic carbocycles. The molecule has 2 heterocycles. The van der Waals surface area contributed by atoms with Crippen LogP contribution in [0.3, 0.4) is 0 Å². The van der Waals surface area contributed by atoms with Crippen molar-refractivity contribution in [2.24, 2.45) is 11.1 Å². The topological polar surface area (TPSA) is 145 Å². The van der Waals surface area contributed by atoms with Crippen LogP contribution in [0, 0.1) is 33.1 Å². The van der Waals surface area contributed by atoms with Crippen molar-refractivity contribution in [2.45, 2.75) is 13.0 Å². The van der Waals surface area contributed by atoms with E-state index in [2.05, 4.69) is 5.16 Å². The largest absolute Gasteiger partial charge is 0.381 e. The van der Waals surface area contributed by atoms with Crippen LogP contribution in [0.5, 0.6) is 0 Å². The number of hydrogen-bond acceptors (Lipinski definition) is 8. The first kappa shape index (κ1) is 18.2. The molecule has 1 saturated heterocycles. The molecule has 11 nitrogen and oxygen atoms in total. The average molecular weight is 396 g/mol. The summed E-state index contributed by atoms with van der Waals surface area (Å²) >= 11 is 0. The van der Waals surface area contributed by atoms with E-state index in [1.807, 2.05) is 0 Å². The summed E-state index contributed by atoms with van der Waals surface area (Å²) < 4.78 is 0. The number of nitrogens with zero attached hydrogens (tertiary/aromatic N) is 4. The number of oxime groups is 1. The first-order valence-corrected chi connectivity index (χ1v) is 8.41. The zero-order valence-corrected chi connectivity index (χ0v) is 14.8. The van der Waals surface area contributed by atoms with E-state index in [0.29, 0.717) is 11.1 Å². The van der Waals surface area contributed by atoms with Gasteiger partial charge in [0.25, 0.3) is 17.3 Å². The molecule has 0 bridgehead atoms. The molecule has 2 aliphatic heterocycles. The molecule has 2 aliphatic rings. The number of amides is 2. The monoisotopic (exact) mass is 396 g/mol. The van der Waals surface area contributed by atoms with Crippen LogP contribution in [-0.2, 0) is 14.4 Å². The Balaban J connectivity index is 1.70. The molecule has 0 aromatic heterocycles. The van der Waals surface area contributed by atoms with Gasteiger partial charge in [-0.1, -0.05) is 17.3 Å². The molecule has 2 amide bonds. The van der Waals surface area contributed by atoms with Crippen molar-refractivity contribution in [1.82, 2.24) is 0 Å². The number of nitro groups is 2. The Labute approximate surface area is 162 Å². The van der Waals surface area contributed by atoms with Crippen LogP contribution < -0.4 is 4.90 Å². The number of hydrogen-bond donors (Lipinski definition) is 0. The third-order valence-electron chi connectivity index (χ3n) is 4.80. The Hall–Kier alpha value is -4.15. The van der Waals surface area contributed by atoms with Gasteiger partial charge in [-0.3, -0.25) is 29.8 Å². The van der Waals surface area contributed by atoms with E-state index in [1.165, 1.54) is 42.5 Å². The number of aryl methyl sites for hydroxylation is 1. The number of carbonyl (C=O) groups is 2. The summed E-state index contributed by atoms with van der Waals surface area (Å²) in [7, 11) is 0. The normalized spacial score (nSPS) is 20.3. The van der Waals surface area contributed by atoms with Crippen molar-refractivity contribution in [3.8, 4) is 0 Å². The SMILES string of the molecule is Cc1cc([N+](=O)[O-])ccc1N1C(=O)[C@@H]2C(c3cccc([N+](=O)[O-])c3)=NO[C@H]2C1=O. The fourth-order valence-electron chi connectivity index (χ4n) is 3.44. The molecule has 0 unspecified atom stereocenters. The molecule has 11 heteroatoms. The molecule has 29 heavy (non-hydrogen) atoms. The van der Waals surface area contributed by atoms with E-state index in [1.54, 1.807) is 6.92 Å². The zero-order valence-electron chi connectivity index (χ0n) is 14.8. The van der Waals surface area contributed by atoms with Crippen molar-refractivity contribution in [1.29, 1.82) is 0 Å². The molecular formula is C18H12N4O7. The first-order valence-electron chi connectivity index (χ1n) is 8.41. The van der Waals surface area contributed by atoms with Gasteiger partial charge >= 0.3 is 0 Å². The van der Waals surface area contributed by atoms with Crippen molar-refractivity contribution < 1.29 is 24.3 Å². The Morgan fingerprint density at radius 2 is 1.69 bits per heavy atom. The molecular weight excluding hydrogens is 384 g/mol. The fourth-order valence-corrected chi connectivity index (χ4v) is 3.44. The third kappa shape index (κ3) is 2.79. The Morgan fingerprint density at radius 3 is 2.34 bits per heavy atom. The number of fused-ring (bicyclic) bond motifs is 1. The van der Waals surface area contributed by atoms with Gasteiger partial charge in [0, 0.05) is 29.8 Å². The second-order valence-electron chi connectivity index (χ2n) is 6.53. The molecule has 4 rings (SSSR count). The number of nitro benzene ring substituents is 2. The van der Waals surface area contributed by atoms with Crippen molar-refractivity contribution in [3.05, 3.63) is 73.8 Å². The summed E-state index contributed by atoms with van der Waals surface area (Å²) in [5.74, 6) is -2.32. The lowest BCUT2D eigenvalue weighted by Crippen LogP contribution is -2.33. The predicted molar refractivity (Wildman–Crippen MR) is 98.3 cm³/mol. The van der Waals surface area contributed by atoms with Crippen LogP contribution in [0.2, 0.25) is 0 Å². The van der Waals surface area contributed by atoms with Gasteiger partial charge in [0.1, 0.15) is 11.6 Å².